The van der Waals surface area contributed by atoms with Gasteiger partial charge in [0.25, 0.3) is 0 Å². The summed E-state index contributed by atoms with van der Waals surface area (Å²) in [6, 6.07) is 6.73. The molecule has 3 heteroatoms. The third kappa shape index (κ3) is 3.22. The molecule has 0 aromatic heterocycles. The predicted molar refractivity (Wildman–Crippen MR) is 83.8 cm³/mol. The molecule has 20 heavy (non-hydrogen) atoms. The summed E-state index contributed by atoms with van der Waals surface area (Å²) in [4.78, 5) is 2.39. The molecule has 1 saturated heterocycles. The highest BCUT2D eigenvalue weighted by Gasteiger charge is 2.18. The molecule has 0 unspecified atom stereocenters. The lowest BCUT2D eigenvalue weighted by atomic mass is 10.00. The Labute approximate surface area is 121 Å². The van der Waals surface area contributed by atoms with Crippen molar-refractivity contribution < 1.29 is 4.74 Å². The first-order valence-electron chi connectivity index (χ1n) is 7.64. The van der Waals surface area contributed by atoms with E-state index in [4.69, 9.17) is 10.5 Å². The minimum Gasteiger partial charge on any atom is -0.378 e. The van der Waals surface area contributed by atoms with E-state index < -0.39 is 0 Å². The van der Waals surface area contributed by atoms with Crippen molar-refractivity contribution in [1.82, 2.24) is 0 Å². The first-order valence-corrected chi connectivity index (χ1v) is 7.64. The molecule has 0 amide bonds. The maximum absolute atomic E-state index is 6.10. The zero-order valence-electron chi connectivity index (χ0n) is 12.2. The fourth-order valence-corrected chi connectivity index (χ4v) is 2.67. The van der Waals surface area contributed by atoms with Gasteiger partial charge in [0.1, 0.15) is 0 Å². The number of ether oxygens (including phenoxy) is 1. The molecule has 0 radical (unpaired) electrons. The number of nitrogens with two attached hydrogens (primary N) is 1. The van der Waals surface area contributed by atoms with Gasteiger partial charge >= 0.3 is 0 Å². The molecule has 1 atom stereocenters. The van der Waals surface area contributed by atoms with E-state index in [2.05, 4.69) is 42.2 Å². The normalized spacial score (nSPS) is 21.4. The summed E-state index contributed by atoms with van der Waals surface area (Å²) < 4.78 is 5.42. The van der Waals surface area contributed by atoms with Crippen LogP contribution in [0, 0.1) is 5.92 Å². The molecular weight excluding hydrogens is 248 g/mol. The molecule has 3 rings (SSSR count). The minimum atomic E-state index is 0.0765. The first-order chi connectivity index (χ1) is 9.74. The van der Waals surface area contributed by atoms with Gasteiger partial charge in [-0.2, -0.15) is 0 Å². The quantitative estimate of drug-likeness (QED) is 0.916. The second-order valence-corrected chi connectivity index (χ2v) is 5.90. The monoisotopic (exact) mass is 272 g/mol. The summed E-state index contributed by atoms with van der Waals surface area (Å²) >= 11 is 0. The Bertz CT molecular complexity index is 486. The molecule has 1 aromatic carbocycles. The molecule has 1 heterocycles. The minimum absolute atomic E-state index is 0.0765. The molecule has 0 spiro atoms. The molecule has 1 aliphatic heterocycles. The van der Waals surface area contributed by atoms with Gasteiger partial charge in [-0.15, -0.1) is 0 Å². The van der Waals surface area contributed by atoms with Gasteiger partial charge < -0.3 is 15.4 Å². The number of rotatable bonds is 4. The van der Waals surface area contributed by atoms with Gasteiger partial charge in [-0.1, -0.05) is 18.2 Å². The van der Waals surface area contributed by atoms with Gasteiger partial charge in [-0.25, -0.2) is 0 Å². The van der Waals surface area contributed by atoms with Crippen LogP contribution in [0.15, 0.2) is 24.3 Å². The van der Waals surface area contributed by atoms with Crippen molar-refractivity contribution in [1.29, 1.82) is 0 Å². The Morgan fingerprint density at radius 3 is 2.70 bits per heavy atom. The number of nitrogens with zero attached hydrogens (tertiary/aromatic N) is 1. The van der Waals surface area contributed by atoms with Crippen molar-refractivity contribution >= 4 is 11.8 Å². The van der Waals surface area contributed by atoms with Crippen LogP contribution < -0.4 is 10.6 Å². The lowest BCUT2D eigenvalue weighted by molar-refractivity contribution is 0.122. The number of hydrogen-bond acceptors (Lipinski definition) is 3. The molecule has 3 nitrogen and oxygen atoms in total. The third-order valence-electron chi connectivity index (χ3n) is 4.11. The van der Waals surface area contributed by atoms with Crippen molar-refractivity contribution in [3.05, 3.63) is 35.4 Å². The predicted octanol–water partition coefficient (Wildman–Crippen LogP) is 2.97. The summed E-state index contributed by atoms with van der Waals surface area (Å²) in [6.07, 6.45) is 7.28. The van der Waals surface area contributed by atoms with E-state index in [1.165, 1.54) is 29.7 Å². The van der Waals surface area contributed by atoms with Gasteiger partial charge in [-0.05, 0) is 48.9 Å². The fourth-order valence-electron chi connectivity index (χ4n) is 2.67. The summed E-state index contributed by atoms with van der Waals surface area (Å²) in [5.41, 5.74) is 9.89. The molecule has 2 N–H and O–H groups in total. The van der Waals surface area contributed by atoms with Gasteiger partial charge in [0.05, 0.1) is 13.2 Å². The van der Waals surface area contributed by atoms with Gasteiger partial charge in [0.2, 0.25) is 0 Å². The fraction of sp³-hybridized carbons (Fsp3) is 0.529. The molecule has 0 bridgehead atoms. The Hall–Kier alpha value is -1.32. The van der Waals surface area contributed by atoms with E-state index in [1.54, 1.807) is 0 Å². The van der Waals surface area contributed by atoms with Crippen molar-refractivity contribution in [2.24, 2.45) is 11.7 Å². The highest BCUT2D eigenvalue weighted by atomic mass is 16.5. The number of allylic oxidation sites excluding steroid dienone is 1. The largest absolute Gasteiger partial charge is 0.378 e. The van der Waals surface area contributed by atoms with E-state index in [9.17, 15) is 0 Å². The standard InChI is InChI=1S/C17H24N2O/c1-13(18)17-7-6-16(19-8-10-20-11-9-19)12-15(17)5-4-14-2-3-14/h4-7,12-14H,2-3,8-11,18H2,1H3/b5-4+/t13-/m1/s1. The van der Waals surface area contributed by atoms with Crippen LogP contribution >= 0.6 is 0 Å². The average Bonchev–Trinajstić information content (AvgIpc) is 3.30. The van der Waals surface area contributed by atoms with E-state index in [1.807, 2.05) is 0 Å². The molecule has 1 saturated carbocycles. The SMILES string of the molecule is C[C@@H](N)c1ccc(N2CCOCC2)cc1/C=C/C1CC1. The van der Waals surface area contributed by atoms with Crippen molar-refractivity contribution in [2.45, 2.75) is 25.8 Å². The molecule has 1 aliphatic carbocycles. The van der Waals surface area contributed by atoms with Crippen molar-refractivity contribution in [3.63, 3.8) is 0 Å². The van der Waals surface area contributed by atoms with Crippen LogP contribution in [0.1, 0.15) is 36.9 Å². The Morgan fingerprint density at radius 1 is 1.30 bits per heavy atom. The van der Waals surface area contributed by atoms with E-state index in [0.29, 0.717) is 0 Å². The second-order valence-electron chi connectivity index (χ2n) is 5.90. The summed E-state index contributed by atoms with van der Waals surface area (Å²) in [5.74, 6) is 0.794. The van der Waals surface area contributed by atoms with Crippen LogP contribution in [0.5, 0.6) is 0 Å². The summed E-state index contributed by atoms with van der Waals surface area (Å²) in [7, 11) is 0. The average molecular weight is 272 g/mol. The lowest BCUT2D eigenvalue weighted by Crippen LogP contribution is -2.36. The Morgan fingerprint density at radius 2 is 2.05 bits per heavy atom. The van der Waals surface area contributed by atoms with Crippen molar-refractivity contribution in [3.8, 4) is 0 Å². The van der Waals surface area contributed by atoms with Crippen LogP contribution in [0.2, 0.25) is 0 Å². The van der Waals surface area contributed by atoms with Crippen LogP contribution in [0.25, 0.3) is 6.08 Å². The lowest BCUT2D eigenvalue weighted by Gasteiger charge is -2.29. The number of anilines is 1. The van der Waals surface area contributed by atoms with Gasteiger partial charge in [0, 0.05) is 24.8 Å². The second kappa shape index (κ2) is 5.98. The highest BCUT2D eigenvalue weighted by Crippen LogP contribution is 2.32. The highest BCUT2D eigenvalue weighted by molar-refractivity contribution is 5.63. The zero-order chi connectivity index (χ0) is 13.9. The van der Waals surface area contributed by atoms with E-state index in [-0.39, 0.29) is 6.04 Å². The molecular formula is C17H24N2O. The number of benzene rings is 1. The summed E-state index contributed by atoms with van der Waals surface area (Å²) in [6.45, 7) is 5.65. The Kier molecular flexibility index (Phi) is 4.08. The van der Waals surface area contributed by atoms with Crippen molar-refractivity contribution in [2.75, 3.05) is 31.2 Å². The molecule has 2 aliphatic rings. The summed E-state index contributed by atoms with van der Waals surface area (Å²) in [5, 5.41) is 0. The van der Waals surface area contributed by atoms with Crippen LogP contribution in [0.4, 0.5) is 5.69 Å². The van der Waals surface area contributed by atoms with Gasteiger partial charge in [0.15, 0.2) is 0 Å². The molecule has 2 fully saturated rings. The van der Waals surface area contributed by atoms with E-state index in [0.717, 1.165) is 32.2 Å². The third-order valence-corrected chi connectivity index (χ3v) is 4.11. The van der Waals surface area contributed by atoms with E-state index >= 15 is 0 Å². The maximum Gasteiger partial charge on any atom is 0.0642 e. The number of hydrogen-bond donors (Lipinski definition) is 1. The van der Waals surface area contributed by atoms with Crippen LogP contribution in [0.3, 0.4) is 0 Å². The van der Waals surface area contributed by atoms with Crippen LogP contribution in [-0.4, -0.2) is 26.3 Å². The van der Waals surface area contributed by atoms with Crippen LogP contribution in [-0.2, 0) is 4.74 Å². The first kappa shape index (κ1) is 13.7. The smallest absolute Gasteiger partial charge is 0.0642 e. The topological polar surface area (TPSA) is 38.5 Å². The zero-order valence-corrected chi connectivity index (χ0v) is 12.2. The molecule has 108 valence electrons. The Balaban J connectivity index is 1.86. The van der Waals surface area contributed by atoms with Gasteiger partial charge in [-0.3, -0.25) is 0 Å². The molecule has 1 aromatic rings. The maximum atomic E-state index is 6.10. The number of morpholine rings is 1.